The Bertz CT molecular complexity index is 361. The van der Waals surface area contributed by atoms with Gasteiger partial charge in [-0.1, -0.05) is 26.3 Å². The molecule has 1 heterocycles. The van der Waals surface area contributed by atoms with Gasteiger partial charge in [-0.15, -0.1) is 0 Å². The molecule has 0 aliphatic rings. The minimum atomic E-state index is -4.43. The molecule has 90 valence electrons. The highest BCUT2D eigenvalue weighted by atomic mass is 19.4. The maximum Gasteiger partial charge on any atom is 0.433 e. The van der Waals surface area contributed by atoms with Crippen molar-refractivity contribution in [3.05, 3.63) is 23.4 Å². The Morgan fingerprint density at radius 3 is 2.44 bits per heavy atom. The number of alkyl halides is 3. The van der Waals surface area contributed by atoms with Crippen molar-refractivity contribution in [1.82, 2.24) is 4.98 Å². The SMILES string of the molecule is CCCC(C)c1ccc(C(F)(F)F)nc1N. The van der Waals surface area contributed by atoms with Gasteiger partial charge < -0.3 is 5.73 Å². The first-order chi connectivity index (χ1) is 7.36. The number of nitrogens with two attached hydrogens (primary N) is 1. The number of hydrogen-bond donors (Lipinski definition) is 1. The second kappa shape index (κ2) is 4.72. The number of halogens is 3. The third-order valence-electron chi connectivity index (χ3n) is 2.50. The topological polar surface area (TPSA) is 38.9 Å². The Hall–Kier alpha value is -1.26. The van der Waals surface area contributed by atoms with Gasteiger partial charge in [-0.25, -0.2) is 4.98 Å². The third-order valence-corrected chi connectivity index (χ3v) is 2.50. The molecule has 0 aromatic carbocycles. The number of hydrogen-bond acceptors (Lipinski definition) is 2. The van der Waals surface area contributed by atoms with Gasteiger partial charge in [-0.05, 0) is 24.0 Å². The van der Waals surface area contributed by atoms with E-state index in [-0.39, 0.29) is 11.7 Å². The Balaban J connectivity index is 3.00. The fourth-order valence-electron chi connectivity index (χ4n) is 1.65. The molecule has 0 amide bonds. The quantitative estimate of drug-likeness (QED) is 0.864. The summed E-state index contributed by atoms with van der Waals surface area (Å²) in [4.78, 5) is 3.40. The van der Waals surface area contributed by atoms with Crippen molar-refractivity contribution >= 4 is 5.82 Å². The van der Waals surface area contributed by atoms with Crippen LogP contribution >= 0.6 is 0 Å². The van der Waals surface area contributed by atoms with Crippen LogP contribution in [0.1, 0.15) is 43.9 Å². The van der Waals surface area contributed by atoms with E-state index in [1.165, 1.54) is 6.07 Å². The molecular weight excluding hydrogens is 217 g/mol. The molecule has 2 N–H and O–H groups in total. The molecule has 16 heavy (non-hydrogen) atoms. The molecule has 2 nitrogen and oxygen atoms in total. The van der Waals surface area contributed by atoms with Crippen LogP contribution in [0.4, 0.5) is 19.0 Å². The molecule has 1 aromatic heterocycles. The van der Waals surface area contributed by atoms with Crippen molar-refractivity contribution in [3.63, 3.8) is 0 Å². The fourth-order valence-corrected chi connectivity index (χ4v) is 1.65. The zero-order valence-electron chi connectivity index (χ0n) is 9.30. The Kier molecular flexibility index (Phi) is 3.78. The number of rotatable bonds is 3. The van der Waals surface area contributed by atoms with Gasteiger partial charge in [0.2, 0.25) is 0 Å². The summed E-state index contributed by atoms with van der Waals surface area (Å²) in [5.74, 6) is 0.121. The second-order valence-corrected chi connectivity index (χ2v) is 3.86. The van der Waals surface area contributed by atoms with Crippen molar-refractivity contribution in [1.29, 1.82) is 0 Å². The highest BCUT2D eigenvalue weighted by Gasteiger charge is 2.33. The summed E-state index contributed by atoms with van der Waals surface area (Å²) < 4.78 is 37.0. The number of aromatic nitrogens is 1. The molecule has 1 atom stereocenters. The van der Waals surface area contributed by atoms with Crippen LogP contribution in [0.25, 0.3) is 0 Å². The molecule has 0 bridgehead atoms. The molecule has 0 radical (unpaired) electrons. The smallest absolute Gasteiger partial charge is 0.383 e. The largest absolute Gasteiger partial charge is 0.433 e. The van der Waals surface area contributed by atoms with Crippen LogP contribution < -0.4 is 5.73 Å². The van der Waals surface area contributed by atoms with Crippen molar-refractivity contribution in [2.24, 2.45) is 0 Å². The van der Waals surface area contributed by atoms with Crippen molar-refractivity contribution in [2.75, 3.05) is 5.73 Å². The highest BCUT2D eigenvalue weighted by Crippen LogP contribution is 2.31. The molecule has 1 rings (SSSR count). The Morgan fingerprint density at radius 1 is 1.38 bits per heavy atom. The third kappa shape index (κ3) is 2.87. The average Bonchev–Trinajstić information content (AvgIpc) is 2.16. The van der Waals surface area contributed by atoms with Crippen LogP contribution in [0.2, 0.25) is 0 Å². The van der Waals surface area contributed by atoms with E-state index in [1.807, 2.05) is 13.8 Å². The van der Waals surface area contributed by atoms with Gasteiger partial charge >= 0.3 is 6.18 Å². The lowest BCUT2D eigenvalue weighted by Gasteiger charge is -2.14. The maximum absolute atomic E-state index is 12.3. The fraction of sp³-hybridized carbons (Fsp3) is 0.545. The number of nitrogens with zero attached hydrogens (tertiary/aromatic N) is 1. The minimum Gasteiger partial charge on any atom is -0.383 e. The Morgan fingerprint density at radius 2 is 2.00 bits per heavy atom. The first kappa shape index (κ1) is 12.8. The van der Waals surface area contributed by atoms with Crippen LogP contribution in [0.3, 0.4) is 0 Å². The van der Waals surface area contributed by atoms with E-state index in [4.69, 9.17) is 5.73 Å². The zero-order chi connectivity index (χ0) is 12.3. The minimum absolute atomic E-state index is 0.0178. The summed E-state index contributed by atoms with van der Waals surface area (Å²) in [6.07, 6.45) is -2.58. The Labute approximate surface area is 92.7 Å². The van der Waals surface area contributed by atoms with Gasteiger partial charge in [0.1, 0.15) is 11.5 Å². The first-order valence-electron chi connectivity index (χ1n) is 5.19. The van der Waals surface area contributed by atoms with Crippen LogP contribution in [0.15, 0.2) is 12.1 Å². The molecule has 0 spiro atoms. The summed E-state index contributed by atoms with van der Waals surface area (Å²) in [5, 5.41) is 0. The highest BCUT2D eigenvalue weighted by molar-refractivity contribution is 5.42. The van der Waals surface area contributed by atoms with E-state index in [2.05, 4.69) is 4.98 Å². The van der Waals surface area contributed by atoms with Crippen molar-refractivity contribution < 1.29 is 13.2 Å². The average molecular weight is 232 g/mol. The van der Waals surface area contributed by atoms with Gasteiger partial charge in [-0.2, -0.15) is 13.2 Å². The van der Waals surface area contributed by atoms with Crippen molar-refractivity contribution in [3.8, 4) is 0 Å². The maximum atomic E-state index is 12.3. The van der Waals surface area contributed by atoms with E-state index in [1.54, 1.807) is 0 Å². The first-order valence-corrected chi connectivity index (χ1v) is 5.19. The second-order valence-electron chi connectivity index (χ2n) is 3.86. The van der Waals surface area contributed by atoms with Crippen molar-refractivity contribution in [2.45, 2.75) is 38.8 Å². The lowest BCUT2D eigenvalue weighted by Crippen LogP contribution is -2.11. The van der Waals surface area contributed by atoms with E-state index < -0.39 is 11.9 Å². The number of anilines is 1. The van der Waals surface area contributed by atoms with E-state index >= 15 is 0 Å². The van der Waals surface area contributed by atoms with Gasteiger partial charge in [-0.3, -0.25) is 0 Å². The summed E-state index contributed by atoms with van der Waals surface area (Å²) in [7, 11) is 0. The van der Waals surface area contributed by atoms with Gasteiger partial charge in [0.25, 0.3) is 0 Å². The van der Waals surface area contributed by atoms with Gasteiger partial charge in [0.15, 0.2) is 0 Å². The van der Waals surface area contributed by atoms with E-state index in [0.717, 1.165) is 18.9 Å². The molecular formula is C11H15F3N2. The predicted molar refractivity (Wildman–Crippen MR) is 57.0 cm³/mol. The summed E-state index contributed by atoms with van der Waals surface area (Å²) in [6.45, 7) is 3.95. The van der Waals surface area contributed by atoms with Crippen LogP contribution in [-0.4, -0.2) is 4.98 Å². The summed E-state index contributed by atoms with van der Waals surface area (Å²) >= 11 is 0. The predicted octanol–water partition coefficient (Wildman–Crippen LogP) is 3.59. The van der Waals surface area contributed by atoms with Crippen LogP contribution in [0, 0.1) is 0 Å². The summed E-state index contributed by atoms with van der Waals surface area (Å²) in [6, 6.07) is 2.41. The lowest BCUT2D eigenvalue weighted by molar-refractivity contribution is -0.141. The number of pyridine rings is 1. The van der Waals surface area contributed by atoms with E-state index in [9.17, 15) is 13.2 Å². The van der Waals surface area contributed by atoms with E-state index in [0.29, 0.717) is 5.56 Å². The molecule has 0 fully saturated rings. The molecule has 5 heteroatoms. The summed E-state index contributed by atoms with van der Waals surface area (Å²) in [5.41, 5.74) is 5.29. The van der Waals surface area contributed by atoms with Gasteiger partial charge in [0.05, 0.1) is 0 Å². The molecule has 0 saturated heterocycles. The molecule has 1 aromatic rings. The number of nitrogen functional groups attached to an aromatic ring is 1. The lowest BCUT2D eigenvalue weighted by atomic mass is 9.97. The standard InChI is InChI=1S/C11H15F3N2/c1-3-4-7(2)8-5-6-9(11(12,13)14)16-10(8)15/h5-7H,3-4H2,1-2H3,(H2,15,16). The monoisotopic (exact) mass is 232 g/mol. The van der Waals surface area contributed by atoms with Crippen LogP contribution in [0.5, 0.6) is 0 Å². The zero-order valence-corrected chi connectivity index (χ0v) is 9.30. The molecule has 0 aliphatic heterocycles. The van der Waals surface area contributed by atoms with Crippen LogP contribution in [-0.2, 0) is 6.18 Å². The molecule has 1 unspecified atom stereocenters. The van der Waals surface area contributed by atoms with Gasteiger partial charge in [0, 0.05) is 0 Å². The normalized spacial score (nSPS) is 13.8. The molecule has 0 saturated carbocycles. The molecule has 0 aliphatic carbocycles.